The second kappa shape index (κ2) is 3.75. The standard InChI is InChI=1S/C9H8ClFO2/c1-5-3-6(9(12)13-2)7(10)4-8(5)11/h3-4H,1-2H3. The lowest BCUT2D eigenvalue weighted by Gasteiger charge is -2.03. The number of esters is 1. The van der Waals surface area contributed by atoms with E-state index in [1.54, 1.807) is 6.92 Å². The number of benzene rings is 1. The maximum Gasteiger partial charge on any atom is 0.339 e. The molecule has 0 aliphatic heterocycles. The van der Waals surface area contributed by atoms with E-state index in [-0.39, 0.29) is 10.6 Å². The van der Waals surface area contributed by atoms with Crippen molar-refractivity contribution in [1.29, 1.82) is 0 Å². The van der Waals surface area contributed by atoms with Crippen LogP contribution in [-0.4, -0.2) is 13.1 Å². The van der Waals surface area contributed by atoms with Crippen molar-refractivity contribution in [2.45, 2.75) is 6.92 Å². The van der Waals surface area contributed by atoms with Crippen LogP contribution >= 0.6 is 11.6 Å². The van der Waals surface area contributed by atoms with Crippen molar-refractivity contribution in [3.63, 3.8) is 0 Å². The first-order valence-electron chi connectivity index (χ1n) is 3.60. The highest BCUT2D eigenvalue weighted by Crippen LogP contribution is 2.20. The molecule has 1 aromatic carbocycles. The van der Waals surface area contributed by atoms with Gasteiger partial charge in [0.15, 0.2) is 0 Å². The number of hydrogen-bond donors (Lipinski definition) is 0. The third kappa shape index (κ3) is 1.98. The highest BCUT2D eigenvalue weighted by Gasteiger charge is 2.12. The quantitative estimate of drug-likeness (QED) is 0.655. The fraction of sp³-hybridized carbons (Fsp3) is 0.222. The number of carbonyl (C=O) groups is 1. The first kappa shape index (κ1) is 9.99. The van der Waals surface area contributed by atoms with Gasteiger partial charge in [0.2, 0.25) is 0 Å². The van der Waals surface area contributed by atoms with Crippen LogP contribution in [0.25, 0.3) is 0 Å². The molecular weight excluding hydrogens is 195 g/mol. The molecule has 0 unspecified atom stereocenters. The van der Waals surface area contributed by atoms with Crippen molar-refractivity contribution in [2.24, 2.45) is 0 Å². The molecule has 0 spiro atoms. The molecular formula is C9H8ClFO2. The predicted octanol–water partition coefficient (Wildman–Crippen LogP) is 2.57. The number of carbonyl (C=O) groups excluding carboxylic acids is 1. The lowest BCUT2D eigenvalue weighted by atomic mass is 10.1. The van der Waals surface area contributed by atoms with E-state index >= 15 is 0 Å². The lowest BCUT2D eigenvalue weighted by Crippen LogP contribution is -2.03. The minimum Gasteiger partial charge on any atom is -0.465 e. The maximum atomic E-state index is 12.9. The first-order chi connectivity index (χ1) is 6.06. The van der Waals surface area contributed by atoms with Crippen molar-refractivity contribution in [3.8, 4) is 0 Å². The van der Waals surface area contributed by atoms with E-state index < -0.39 is 11.8 Å². The third-order valence-corrected chi connectivity index (χ3v) is 1.97. The normalized spacial score (nSPS) is 9.85. The summed E-state index contributed by atoms with van der Waals surface area (Å²) in [5, 5.41) is 0.0648. The molecule has 1 aromatic rings. The third-order valence-electron chi connectivity index (χ3n) is 1.65. The average molecular weight is 203 g/mol. The van der Waals surface area contributed by atoms with E-state index in [0.29, 0.717) is 5.56 Å². The van der Waals surface area contributed by atoms with E-state index in [4.69, 9.17) is 11.6 Å². The fourth-order valence-electron chi connectivity index (χ4n) is 0.924. The van der Waals surface area contributed by atoms with Crippen LogP contribution < -0.4 is 0 Å². The van der Waals surface area contributed by atoms with Gasteiger partial charge in [-0.3, -0.25) is 0 Å². The van der Waals surface area contributed by atoms with Gasteiger partial charge in [0.25, 0.3) is 0 Å². The van der Waals surface area contributed by atoms with Crippen LogP contribution in [0.2, 0.25) is 5.02 Å². The Morgan fingerprint density at radius 2 is 2.15 bits per heavy atom. The zero-order chi connectivity index (χ0) is 10.0. The molecule has 0 saturated carbocycles. The Hall–Kier alpha value is -1.09. The fourth-order valence-corrected chi connectivity index (χ4v) is 1.15. The molecule has 70 valence electrons. The van der Waals surface area contributed by atoms with E-state index in [2.05, 4.69) is 4.74 Å². The zero-order valence-electron chi connectivity index (χ0n) is 7.23. The van der Waals surface area contributed by atoms with Gasteiger partial charge in [-0.05, 0) is 24.6 Å². The summed E-state index contributed by atoms with van der Waals surface area (Å²) in [6.07, 6.45) is 0. The van der Waals surface area contributed by atoms with Crippen LogP contribution in [0.1, 0.15) is 15.9 Å². The van der Waals surface area contributed by atoms with Crippen LogP contribution in [0.5, 0.6) is 0 Å². The summed E-state index contributed by atoms with van der Waals surface area (Å²) in [6, 6.07) is 2.46. The monoisotopic (exact) mass is 202 g/mol. The first-order valence-corrected chi connectivity index (χ1v) is 3.98. The highest BCUT2D eigenvalue weighted by molar-refractivity contribution is 6.33. The van der Waals surface area contributed by atoms with Gasteiger partial charge in [0.05, 0.1) is 17.7 Å². The smallest absolute Gasteiger partial charge is 0.339 e. The Balaban J connectivity index is 3.23. The summed E-state index contributed by atoms with van der Waals surface area (Å²) >= 11 is 5.63. The molecule has 0 N–H and O–H groups in total. The zero-order valence-corrected chi connectivity index (χ0v) is 7.98. The molecule has 0 fully saturated rings. The molecule has 0 aliphatic carbocycles. The summed E-state index contributed by atoms with van der Waals surface area (Å²) in [4.78, 5) is 11.1. The van der Waals surface area contributed by atoms with E-state index in [9.17, 15) is 9.18 Å². The molecule has 0 amide bonds. The molecule has 0 aliphatic rings. The minimum absolute atomic E-state index is 0.0648. The number of aryl methyl sites for hydroxylation is 1. The Bertz CT molecular complexity index is 350. The van der Waals surface area contributed by atoms with Crippen molar-refractivity contribution >= 4 is 17.6 Å². The Morgan fingerprint density at radius 3 is 2.69 bits per heavy atom. The summed E-state index contributed by atoms with van der Waals surface area (Å²) in [5.41, 5.74) is 0.549. The van der Waals surface area contributed by atoms with Gasteiger partial charge in [-0.25, -0.2) is 9.18 Å². The van der Waals surface area contributed by atoms with E-state index in [0.717, 1.165) is 6.07 Å². The highest BCUT2D eigenvalue weighted by atomic mass is 35.5. The molecule has 2 nitrogen and oxygen atoms in total. The molecule has 0 atom stereocenters. The second-order valence-electron chi connectivity index (χ2n) is 2.57. The van der Waals surface area contributed by atoms with Gasteiger partial charge in [0.1, 0.15) is 5.82 Å². The molecule has 4 heteroatoms. The molecule has 0 heterocycles. The molecule has 0 bridgehead atoms. The minimum atomic E-state index is -0.562. The summed E-state index contributed by atoms with van der Waals surface area (Å²) in [7, 11) is 1.25. The second-order valence-corrected chi connectivity index (χ2v) is 2.98. The summed E-state index contributed by atoms with van der Waals surface area (Å²) in [6.45, 7) is 1.55. The SMILES string of the molecule is COC(=O)c1cc(C)c(F)cc1Cl. The molecule has 1 rings (SSSR count). The van der Waals surface area contributed by atoms with Crippen LogP contribution in [0.4, 0.5) is 4.39 Å². The number of rotatable bonds is 1. The van der Waals surface area contributed by atoms with Gasteiger partial charge < -0.3 is 4.74 Å². The van der Waals surface area contributed by atoms with E-state index in [1.165, 1.54) is 13.2 Å². The largest absolute Gasteiger partial charge is 0.465 e. The van der Waals surface area contributed by atoms with E-state index in [1.807, 2.05) is 0 Å². The number of hydrogen-bond acceptors (Lipinski definition) is 2. The van der Waals surface area contributed by atoms with Gasteiger partial charge in [0, 0.05) is 0 Å². The Labute approximate surface area is 80.3 Å². The number of halogens is 2. The number of methoxy groups -OCH3 is 1. The van der Waals surface area contributed by atoms with Crippen molar-refractivity contribution < 1.29 is 13.9 Å². The molecule has 0 saturated heterocycles. The number of ether oxygens (including phenoxy) is 1. The van der Waals surface area contributed by atoms with Crippen LogP contribution in [0.3, 0.4) is 0 Å². The summed E-state index contributed by atoms with van der Waals surface area (Å²) in [5.74, 6) is -0.995. The van der Waals surface area contributed by atoms with Gasteiger partial charge in [-0.2, -0.15) is 0 Å². The Kier molecular flexibility index (Phi) is 2.88. The molecule has 0 radical (unpaired) electrons. The molecule has 0 aromatic heterocycles. The van der Waals surface area contributed by atoms with Crippen LogP contribution in [0, 0.1) is 12.7 Å². The average Bonchev–Trinajstić information content (AvgIpc) is 2.10. The van der Waals surface area contributed by atoms with Crippen molar-refractivity contribution in [1.82, 2.24) is 0 Å². The van der Waals surface area contributed by atoms with Crippen molar-refractivity contribution in [3.05, 3.63) is 34.1 Å². The van der Waals surface area contributed by atoms with Crippen LogP contribution in [0.15, 0.2) is 12.1 Å². The lowest BCUT2D eigenvalue weighted by molar-refractivity contribution is 0.0601. The Morgan fingerprint density at radius 1 is 1.54 bits per heavy atom. The van der Waals surface area contributed by atoms with Crippen molar-refractivity contribution in [2.75, 3.05) is 7.11 Å². The van der Waals surface area contributed by atoms with Gasteiger partial charge in [-0.1, -0.05) is 11.6 Å². The topological polar surface area (TPSA) is 26.3 Å². The maximum absolute atomic E-state index is 12.9. The summed E-state index contributed by atoms with van der Waals surface area (Å²) < 4.78 is 17.4. The molecule has 13 heavy (non-hydrogen) atoms. The van der Waals surface area contributed by atoms with Gasteiger partial charge in [-0.15, -0.1) is 0 Å². The predicted molar refractivity (Wildman–Crippen MR) is 47.5 cm³/mol. The van der Waals surface area contributed by atoms with Gasteiger partial charge >= 0.3 is 5.97 Å². The van der Waals surface area contributed by atoms with Crippen LogP contribution in [-0.2, 0) is 4.74 Å².